The van der Waals surface area contributed by atoms with E-state index in [-0.39, 0.29) is 5.78 Å². The van der Waals surface area contributed by atoms with E-state index in [9.17, 15) is 4.79 Å². The number of para-hydroxylation sites is 1. The van der Waals surface area contributed by atoms with Gasteiger partial charge in [-0.25, -0.2) is 0 Å². The van der Waals surface area contributed by atoms with Crippen LogP contribution in [-0.4, -0.2) is 29.8 Å². The third-order valence-electron chi connectivity index (χ3n) is 3.83. The second kappa shape index (κ2) is 6.01. The molecule has 0 amide bonds. The molecule has 0 aromatic heterocycles. The van der Waals surface area contributed by atoms with Crippen LogP contribution in [0.4, 0.5) is 5.69 Å². The molecule has 18 heavy (non-hydrogen) atoms. The van der Waals surface area contributed by atoms with Gasteiger partial charge in [-0.05, 0) is 38.4 Å². The molecule has 1 aliphatic rings. The van der Waals surface area contributed by atoms with Crippen molar-refractivity contribution in [1.82, 2.24) is 4.90 Å². The quantitative estimate of drug-likeness (QED) is 0.656. The van der Waals surface area contributed by atoms with Crippen LogP contribution in [0.1, 0.15) is 43.0 Å². The van der Waals surface area contributed by atoms with Crippen LogP contribution >= 0.6 is 0 Å². The summed E-state index contributed by atoms with van der Waals surface area (Å²) < 4.78 is 0. The van der Waals surface area contributed by atoms with E-state index in [0.717, 1.165) is 13.1 Å². The normalized spacial score (nSPS) is 20.8. The van der Waals surface area contributed by atoms with Gasteiger partial charge in [0.1, 0.15) is 0 Å². The van der Waals surface area contributed by atoms with Crippen LogP contribution in [0.5, 0.6) is 0 Å². The highest BCUT2D eigenvalue weighted by atomic mass is 16.1. The molecule has 1 saturated heterocycles. The van der Waals surface area contributed by atoms with Gasteiger partial charge in [0.2, 0.25) is 0 Å². The van der Waals surface area contributed by atoms with Crippen molar-refractivity contribution in [2.75, 3.05) is 18.8 Å². The zero-order chi connectivity index (χ0) is 13.0. The maximum atomic E-state index is 12.1. The van der Waals surface area contributed by atoms with Crippen LogP contribution < -0.4 is 5.73 Å². The van der Waals surface area contributed by atoms with E-state index in [1.54, 1.807) is 6.07 Å². The van der Waals surface area contributed by atoms with E-state index in [4.69, 9.17) is 5.73 Å². The van der Waals surface area contributed by atoms with Crippen LogP contribution in [0.3, 0.4) is 0 Å². The maximum absolute atomic E-state index is 12.1. The van der Waals surface area contributed by atoms with E-state index in [0.29, 0.717) is 23.7 Å². The van der Waals surface area contributed by atoms with Crippen molar-refractivity contribution in [1.29, 1.82) is 0 Å². The summed E-state index contributed by atoms with van der Waals surface area (Å²) in [5, 5.41) is 0. The van der Waals surface area contributed by atoms with Gasteiger partial charge in [-0.3, -0.25) is 4.79 Å². The van der Waals surface area contributed by atoms with Gasteiger partial charge in [0.05, 0.1) is 0 Å². The fourth-order valence-corrected chi connectivity index (χ4v) is 2.62. The van der Waals surface area contributed by atoms with Crippen LogP contribution in [-0.2, 0) is 0 Å². The molecule has 0 spiro atoms. The van der Waals surface area contributed by atoms with Gasteiger partial charge in [-0.1, -0.05) is 18.6 Å². The minimum atomic E-state index is 0.158. The van der Waals surface area contributed by atoms with Crippen molar-refractivity contribution >= 4 is 11.5 Å². The van der Waals surface area contributed by atoms with E-state index in [1.165, 1.54) is 19.3 Å². The number of anilines is 1. The summed E-state index contributed by atoms with van der Waals surface area (Å²) in [6, 6.07) is 7.94. The summed E-state index contributed by atoms with van der Waals surface area (Å²) in [5.74, 6) is 0.158. The van der Waals surface area contributed by atoms with Crippen molar-refractivity contribution in [3.63, 3.8) is 0 Å². The first-order valence-electron chi connectivity index (χ1n) is 6.80. The number of hydrogen-bond donors (Lipinski definition) is 1. The number of carbonyl (C=O) groups is 1. The first-order chi connectivity index (χ1) is 8.68. The average molecular weight is 246 g/mol. The molecule has 1 aliphatic heterocycles. The van der Waals surface area contributed by atoms with Crippen LogP contribution in [0.15, 0.2) is 24.3 Å². The molecule has 2 rings (SSSR count). The average Bonchev–Trinajstić information content (AvgIpc) is 2.38. The number of Topliss-reactive ketones (excluding diaryl/α,β-unsaturated/α-hetero) is 1. The molecule has 1 heterocycles. The molecule has 3 heteroatoms. The van der Waals surface area contributed by atoms with Crippen LogP contribution in [0.2, 0.25) is 0 Å². The third-order valence-corrected chi connectivity index (χ3v) is 3.83. The van der Waals surface area contributed by atoms with E-state index in [2.05, 4.69) is 11.8 Å². The Hall–Kier alpha value is -1.35. The molecule has 1 fully saturated rings. The molecule has 1 aromatic carbocycles. The first kappa shape index (κ1) is 13.1. The Morgan fingerprint density at radius 3 is 2.89 bits per heavy atom. The number of likely N-dealkylation sites (tertiary alicyclic amines) is 1. The Morgan fingerprint density at radius 1 is 1.39 bits per heavy atom. The van der Waals surface area contributed by atoms with Gasteiger partial charge in [-0.2, -0.15) is 0 Å². The van der Waals surface area contributed by atoms with Gasteiger partial charge in [-0.15, -0.1) is 0 Å². The summed E-state index contributed by atoms with van der Waals surface area (Å²) in [5.41, 5.74) is 7.08. The number of rotatable bonds is 4. The Morgan fingerprint density at radius 2 is 2.17 bits per heavy atom. The molecule has 0 bridgehead atoms. The summed E-state index contributed by atoms with van der Waals surface area (Å²) in [6.45, 7) is 4.23. The Kier molecular flexibility index (Phi) is 4.37. The zero-order valence-corrected chi connectivity index (χ0v) is 11.1. The van der Waals surface area contributed by atoms with Crippen molar-refractivity contribution in [3.05, 3.63) is 29.8 Å². The summed E-state index contributed by atoms with van der Waals surface area (Å²) in [6.07, 6.45) is 4.39. The van der Waals surface area contributed by atoms with Gasteiger partial charge >= 0.3 is 0 Å². The number of nitrogen functional groups attached to an aromatic ring is 1. The molecule has 0 aliphatic carbocycles. The smallest absolute Gasteiger partial charge is 0.166 e. The van der Waals surface area contributed by atoms with Crippen LogP contribution in [0.25, 0.3) is 0 Å². The molecular formula is C15H22N2O. The number of nitrogens with zero attached hydrogens (tertiary/aromatic N) is 1. The molecule has 2 N–H and O–H groups in total. The standard InChI is InChI=1S/C15H22N2O/c1-12-6-4-5-10-17(12)11-9-15(18)13-7-2-3-8-14(13)16/h2-3,7-8,12H,4-6,9-11,16H2,1H3. The molecule has 3 nitrogen and oxygen atoms in total. The number of carbonyl (C=O) groups excluding carboxylic acids is 1. The number of hydrogen-bond acceptors (Lipinski definition) is 3. The molecule has 1 aromatic rings. The maximum Gasteiger partial charge on any atom is 0.166 e. The number of nitrogens with two attached hydrogens (primary N) is 1. The molecular weight excluding hydrogens is 224 g/mol. The van der Waals surface area contributed by atoms with E-state index in [1.807, 2.05) is 18.2 Å². The SMILES string of the molecule is CC1CCCCN1CCC(=O)c1ccccc1N. The second-order valence-electron chi connectivity index (χ2n) is 5.14. The minimum Gasteiger partial charge on any atom is -0.398 e. The predicted molar refractivity (Wildman–Crippen MR) is 74.7 cm³/mol. The number of ketones is 1. The first-order valence-corrected chi connectivity index (χ1v) is 6.80. The largest absolute Gasteiger partial charge is 0.398 e. The molecule has 98 valence electrons. The summed E-state index contributed by atoms with van der Waals surface area (Å²) in [4.78, 5) is 14.5. The van der Waals surface area contributed by atoms with Gasteiger partial charge in [0.25, 0.3) is 0 Å². The van der Waals surface area contributed by atoms with Crippen molar-refractivity contribution in [2.24, 2.45) is 0 Å². The fourth-order valence-electron chi connectivity index (χ4n) is 2.62. The Bertz CT molecular complexity index is 417. The molecule has 1 atom stereocenters. The lowest BCUT2D eigenvalue weighted by Gasteiger charge is -2.33. The lowest BCUT2D eigenvalue weighted by atomic mass is 10.0. The van der Waals surface area contributed by atoms with E-state index < -0.39 is 0 Å². The van der Waals surface area contributed by atoms with Gasteiger partial charge < -0.3 is 10.6 Å². The third kappa shape index (κ3) is 3.10. The highest BCUT2D eigenvalue weighted by Gasteiger charge is 2.19. The highest BCUT2D eigenvalue weighted by molar-refractivity contribution is 6.00. The topological polar surface area (TPSA) is 46.3 Å². The molecule has 0 radical (unpaired) electrons. The van der Waals surface area contributed by atoms with Crippen molar-refractivity contribution in [2.45, 2.75) is 38.6 Å². The predicted octanol–water partition coefficient (Wildman–Crippen LogP) is 2.72. The Labute approximate surface area is 109 Å². The zero-order valence-electron chi connectivity index (χ0n) is 11.1. The minimum absolute atomic E-state index is 0.158. The lowest BCUT2D eigenvalue weighted by molar-refractivity contribution is 0.0936. The highest BCUT2D eigenvalue weighted by Crippen LogP contribution is 2.18. The van der Waals surface area contributed by atoms with Crippen LogP contribution in [0, 0.1) is 0 Å². The second-order valence-corrected chi connectivity index (χ2v) is 5.14. The van der Waals surface area contributed by atoms with E-state index >= 15 is 0 Å². The Balaban J connectivity index is 1.90. The van der Waals surface area contributed by atoms with Gasteiger partial charge in [0.15, 0.2) is 5.78 Å². The summed E-state index contributed by atoms with van der Waals surface area (Å²) in [7, 11) is 0. The lowest BCUT2D eigenvalue weighted by Crippen LogP contribution is -2.38. The van der Waals surface area contributed by atoms with Gasteiger partial charge in [0, 0.05) is 30.3 Å². The number of benzene rings is 1. The fraction of sp³-hybridized carbons (Fsp3) is 0.533. The molecule has 0 saturated carbocycles. The van der Waals surface area contributed by atoms with Crippen molar-refractivity contribution < 1.29 is 4.79 Å². The molecule has 1 unspecified atom stereocenters. The number of piperidine rings is 1. The summed E-state index contributed by atoms with van der Waals surface area (Å²) >= 11 is 0. The van der Waals surface area contributed by atoms with Crippen molar-refractivity contribution in [3.8, 4) is 0 Å². The monoisotopic (exact) mass is 246 g/mol.